The summed E-state index contributed by atoms with van der Waals surface area (Å²) in [6.45, 7) is 6.66. The molecule has 0 radical (unpaired) electrons. The molecule has 25 heavy (non-hydrogen) atoms. The molecule has 2 unspecified atom stereocenters. The fourth-order valence-electron chi connectivity index (χ4n) is 3.44. The summed E-state index contributed by atoms with van der Waals surface area (Å²) < 4.78 is 0. The SMILES string of the molecule is CC1CN(C(=O)c2ccc(Cl)c(Cl)c2)CC(C)N1Cc1ccccc1. The number of hydrogen-bond donors (Lipinski definition) is 0. The topological polar surface area (TPSA) is 23.6 Å². The van der Waals surface area contributed by atoms with Crippen molar-refractivity contribution in [2.75, 3.05) is 13.1 Å². The van der Waals surface area contributed by atoms with Crippen LogP contribution in [0.25, 0.3) is 0 Å². The number of benzene rings is 2. The zero-order valence-electron chi connectivity index (χ0n) is 14.5. The van der Waals surface area contributed by atoms with E-state index in [2.05, 4.69) is 43.0 Å². The minimum Gasteiger partial charge on any atom is -0.336 e. The molecular formula is C20H22Cl2N2O. The van der Waals surface area contributed by atoms with E-state index in [1.165, 1.54) is 5.56 Å². The summed E-state index contributed by atoms with van der Waals surface area (Å²) in [6, 6.07) is 16.1. The van der Waals surface area contributed by atoms with E-state index < -0.39 is 0 Å². The predicted molar refractivity (Wildman–Crippen MR) is 103 cm³/mol. The van der Waals surface area contributed by atoms with Crippen LogP contribution in [0.15, 0.2) is 48.5 Å². The second kappa shape index (κ2) is 7.77. The maximum absolute atomic E-state index is 12.8. The van der Waals surface area contributed by atoms with Crippen LogP contribution in [0.3, 0.4) is 0 Å². The van der Waals surface area contributed by atoms with Crippen molar-refractivity contribution in [3.63, 3.8) is 0 Å². The van der Waals surface area contributed by atoms with Gasteiger partial charge in [-0.3, -0.25) is 9.69 Å². The lowest BCUT2D eigenvalue weighted by molar-refractivity contribution is 0.0270. The van der Waals surface area contributed by atoms with Gasteiger partial charge in [-0.1, -0.05) is 53.5 Å². The zero-order chi connectivity index (χ0) is 18.0. The van der Waals surface area contributed by atoms with Crippen LogP contribution < -0.4 is 0 Å². The molecule has 132 valence electrons. The van der Waals surface area contributed by atoms with Gasteiger partial charge < -0.3 is 4.90 Å². The maximum atomic E-state index is 12.8. The van der Waals surface area contributed by atoms with E-state index >= 15 is 0 Å². The molecule has 1 amide bonds. The molecule has 0 aliphatic carbocycles. The summed E-state index contributed by atoms with van der Waals surface area (Å²) in [4.78, 5) is 17.2. The second-order valence-electron chi connectivity index (χ2n) is 6.69. The number of halogens is 2. The summed E-state index contributed by atoms with van der Waals surface area (Å²) in [5, 5.41) is 0.879. The van der Waals surface area contributed by atoms with Crippen LogP contribution in [0.5, 0.6) is 0 Å². The quantitative estimate of drug-likeness (QED) is 0.772. The predicted octanol–water partition coefficient (Wildman–Crippen LogP) is 4.73. The van der Waals surface area contributed by atoms with Gasteiger partial charge in [-0.15, -0.1) is 0 Å². The van der Waals surface area contributed by atoms with E-state index in [0.29, 0.717) is 28.7 Å². The van der Waals surface area contributed by atoms with Crippen LogP contribution in [0, 0.1) is 0 Å². The highest BCUT2D eigenvalue weighted by Crippen LogP contribution is 2.25. The number of carbonyl (C=O) groups excluding carboxylic acids is 1. The number of nitrogens with zero attached hydrogens (tertiary/aromatic N) is 2. The normalized spacial score (nSPS) is 21.4. The van der Waals surface area contributed by atoms with Crippen LogP contribution in [-0.4, -0.2) is 40.9 Å². The summed E-state index contributed by atoms with van der Waals surface area (Å²) in [5.74, 6) is 0.0108. The molecule has 1 aliphatic rings. The number of carbonyl (C=O) groups is 1. The fourth-order valence-corrected chi connectivity index (χ4v) is 3.74. The van der Waals surface area contributed by atoms with Crippen LogP contribution in [0.4, 0.5) is 0 Å². The highest BCUT2D eigenvalue weighted by Gasteiger charge is 2.32. The number of piperazine rings is 1. The lowest BCUT2D eigenvalue weighted by atomic mass is 10.0. The Morgan fingerprint density at radius 2 is 1.64 bits per heavy atom. The van der Waals surface area contributed by atoms with Crippen molar-refractivity contribution in [2.24, 2.45) is 0 Å². The first-order valence-corrected chi connectivity index (χ1v) is 9.25. The Bertz CT molecular complexity index is 739. The maximum Gasteiger partial charge on any atom is 0.254 e. The molecule has 0 spiro atoms. The van der Waals surface area contributed by atoms with E-state index in [0.717, 1.165) is 6.54 Å². The van der Waals surface area contributed by atoms with Crippen LogP contribution in [0.2, 0.25) is 10.0 Å². The lowest BCUT2D eigenvalue weighted by Crippen LogP contribution is -2.57. The van der Waals surface area contributed by atoms with Crippen LogP contribution in [-0.2, 0) is 6.54 Å². The smallest absolute Gasteiger partial charge is 0.254 e. The monoisotopic (exact) mass is 376 g/mol. The van der Waals surface area contributed by atoms with Gasteiger partial charge in [0.2, 0.25) is 0 Å². The summed E-state index contributed by atoms with van der Waals surface area (Å²) in [6.07, 6.45) is 0. The van der Waals surface area contributed by atoms with Crippen molar-refractivity contribution < 1.29 is 4.79 Å². The number of rotatable bonds is 3. The molecule has 2 atom stereocenters. The van der Waals surface area contributed by atoms with Gasteiger partial charge in [0.05, 0.1) is 10.0 Å². The summed E-state index contributed by atoms with van der Waals surface area (Å²) in [7, 11) is 0. The van der Waals surface area contributed by atoms with Gasteiger partial charge in [0.25, 0.3) is 5.91 Å². The van der Waals surface area contributed by atoms with Crippen molar-refractivity contribution in [2.45, 2.75) is 32.5 Å². The number of amides is 1. The molecule has 1 saturated heterocycles. The number of hydrogen-bond acceptors (Lipinski definition) is 2. The average molecular weight is 377 g/mol. The fraction of sp³-hybridized carbons (Fsp3) is 0.350. The van der Waals surface area contributed by atoms with Gasteiger partial charge in [-0.05, 0) is 37.6 Å². The second-order valence-corrected chi connectivity index (χ2v) is 7.51. The van der Waals surface area contributed by atoms with Crippen molar-refractivity contribution >= 4 is 29.1 Å². The third-order valence-corrected chi connectivity index (χ3v) is 5.50. The molecule has 0 bridgehead atoms. The lowest BCUT2D eigenvalue weighted by Gasteiger charge is -2.44. The molecular weight excluding hydrogens is 355 g/mol. The average Bonchev–Trinajstić information content (AvgIpc) is 2.60. The van der Waals surface area contributed by atoms with Crippen molar-refractivity contribution in [3.05, 3.63) is 69.7 Å². The highest BCUT2D eigenvalue weighted by molar-refractivity contribution is 6.42. The van der Waals surface area contributed by atoms with Gasteiger partial charge >= 0.3 is 0 Å². The molecule has 0 N–H and O–H groups in total. The van der Waals surface area contributed by atoms with Gasteiger partial charge in [-0.25, -0.2) is 0 Å². The van der Waals surface area contributed by atoms with Gasteiger partial charge in [0, 0.05) is 37.3 Å². The van der Waals surface area contributed by atoms with Crippen molar-refractivity contribution in [3.8, 4) is 0 Å². The molecule has 0 saturated carbocycles. The Morgan fingerprint density at radius 3 is 2.24 bits per heavy atom. The minimum atomic E-state index is 0.0108. The van der Waals surface area contributed by atoms with E-state index in [4.69, 9.17) is 23.2 Å². The molecule has 2 aromatic rings. The molecule has 1 heterocycles. The molecule has 0 aromatic heterocycles. The molecule has 2 aromatic carbocycles. The molecule has 1 aliphatic heterocycles. The van der Waals surface area contributed by atoms with E-state index in [-0.39, 0.29) is 18.0 Å². The molecule has 5 heteroatoms. The van der Waals surface area contributed by atoms with E-state index in [9.17, 15) is 4.79 Å². The Labute approximate surface area is 159 Å². The van der Waals surface area contributed by atoms with Crippen LogP contribution in [0.1, 0.15) is 29.8 Å². The first kappa shape index (κ1) is 18.2. The Balaban J connectivity index is 1.70. The Kier molecular flexibility index (Phi) is 5.67. The standard InChI is InChI=1S/C20H22Cl2N2O/c1-14-11-23(20(25)17-8-9-18(21)19(22)10-17)12-15(2)24(14)13-16-6-4-3-5-7-16/h3-10,14-15H,11-13H2,1-2H3. The first-order chi connectivity index (χ1) is 12.0. The highest BCUT2D eigenvalue weighted by atomic mass is 35.5. The van der Waals surface area contributed by atoms with Crippen molar-refractivity contribution in [1.82, 2.24) is 9.80 Å². The third kappa shape index (κ3) is 4.17. The third-order valence-electron chi connectivity index (χ3n) is 4.76. The first-order valence-electron chi connectivity index (χ1n) is 8.49. The van der Waals surface area contributed by atoms with Crippen molar-refractivity contribution in [1.29, 1.82) is 0 Å². The van der Waals surface area contributed by atoms with E-state index in [1.54, 1.807) is 18.2 Å². The van der Waals surface area contributed by atoms with E-state index in [1.807, 2.05) is 11.0 Å². The molecule has 3 nitrogen and oxygen atoms in total. The van der Waals surface area contributed by atoms with Gasteiger partial charge in [0.1, 0.15) is 0 Å². The van der Waals surface area contributed by atoms with Gasteiger partial charge in [0.15, 0.2) is 0 Å². The summed E-state index contributed by atoms with van der Waals surface area (Å²) >= 11 is 12.0. The van der Waals surface area contributed by atoms with Gasteiger partial charge in [-0.2, -0.15) is 0 Å². The zero-order valence-corrected chi connectivity index (χ0v) is 16.0. The minimum absolute atomic E-state index is 0.0108. The van der Waals surface area contributed by atoms with Crippen LogP contribution >= 0.6 is 23.2 Å². The molecule has 1 fully saturated rings. The Hall–Kier alpha value is -1.55. The summed E-state index contributed by atoms with van der Waals surface area (Å²) in [5.41, 5.74) is 1.88. The Morgan fingerprint density at radius 1 is 1.00 bits per heavy atom. The largest absolute Gasteiger partial charge is 0.336 e. The molecule has 3 rings (SSSR count).